The molecule has 4 nitrogen and oxygen atoms in total. The summed E-state index contributed by atoms with van der Waals surface area (Å²) >= 11 is 1.48. The van der Waals surface area contributed by atoms with Crippen LogP contribution in [0.2, 0.25) is 0 Å². The quantitative estimate of drug-likeness (QED) is 0.473. The van der Waals surface area contributed by atoms with Crippen molar-refractivity contribution < 1.29 is 9.21 Å². The van der Waals surface area contributed by atoms with Crippen LogP contribution in [0, 0.1) is 6.92 Å². The van der Waals surface area contributed by atoms with E-state index in [1.54, 1.807) is 12.3 Å². The van der Waals surface area contributed by atoms with Crippen molar-refractivity contribution in [3.8, 4) is 0 Å². The average Bonchev–Trinajstić information content (AvgIpc) is 3.27. The minimum absolute atomic E-state index is 0.229. The summed E-state index contributed by atoms with van der Waals surface area (Å²) in [4.78, 5) is 17.5. The highest BCUT2D eigenvalue weighted by atomic mass is 32.1. The van der Waals surface area contributed by atoms with Crippen molar-refractivity contribution in [2.45, 2.75) is 13.3 Å². The fourth-order valence-electron chi connectivity index (χ4n) is 2.79. The van der Waals surface area contributed by atoms with E-state index in [0.717, 1.165) is 27.8 Å². The third kappa shape index (κ3) is 4.33. The van der Waals surface area contributed by atoms with Gasteiger partial charge in [0.1, 0.15) is 11.3 Å². The number of furan rings is 1. The highest BCUT2D eigenvalue weighted by Crippen LogP contribution is 2.23. The molecule has 0 atom stereocenters. The van der Waals surface area contributed by atoms with Crippen LogP contribution in [0.15, 0.2) is 71.3 Å². The number of nitrogens with zero attached hydrogens (tertiary/aromatic N) is 1. The van der Waals surface area contributed by atoms with Crippen molar-refractivity contribution in [3.63, 3.8) is 0 Å². The first-order chi connectivity index (χ1) is 13.2. The topological polar surface area (TPSA) is 55.1 Å². The third-order valence-corrected chi connectivity index (χ3v) is 5.01. The van der Waals surface area contributed by atoms with Gasteiger partial charge >= 0.3 is 0 Å². The van der Waals surface area contributed by atoms with Gasteiger partial charge in [-0.1, -0.05) is 42.5 Å². The van der Waals surface area contributed by atoms with Crippen molar-refractivity contribution in [2.24, 2.45) is 0 Å². The van der Waals surface area contributed by atoms with E-state index >= 15 is 0 Å². The number of hydrogen-bond acceptors (Lipinski definition) is 4. The van der Waals surface area contributed by atoms with Gasteiger partial charge in [0.25, 0.3) is 0 Å². The van der Waals surface area contributed by atoms with E-state index in [9.17, 15) is 4.79 Å². The molecule has 0 unspecified atom stereocenters. The molecule has 1 N–H and O–H groups in total. The van der Waals surface area contributed by atoms with E-state index in [-0.39, 0.29) is 5.91 Å². The minimum atomic E-state index is -0.229. The fraction of sp³-hybridized carbons (Fsp3) is 0.0909. The number of hydrogen-bond donors (Lipinski definition) is 1. The number of amides is 1. The van der Waals surface area contributed by atoms with Gasteiger partial charge in [-0.3, -0.25) is 10.1 Å². The maximum atomic E-state index is 12.1. The summed E-state index contributed by atoms with van der Waals surface area (Å²) in [6.45, 7) is 2.02. The Kier molecular flexibility index (Phi) is 4.85. The van der Waals surface area contributed by atoms with E-state index in [4.69, 9.17) is 4.42 Å². The number of nitrogens with one attached hydrogen (secondary N) is 1. The zero-order valence-corrected chi connectivity index (χ0v) is 15.6. The van der Waals surface area contributed by atoms with E-state index in [1.807, 2.05) is 49.4 Å². The molecule has 0 aliphatic carbocycles. The van der Waals surface area contributed by atoms with Crippen LogP contribution >= 0.6 is 11.3 Å². The van der Waals surface area contributed by atoms with Gasteiger partial charge in [-0.2, -0.15) is 0 Å². The Labute approximate surface area is 161 Å². The fourth-order valence-corrected chi connectivity index (χ4v) is 3.64. The molecule has 0 fully saturated rings. The van der Waals surface area contributed by atoms with Crippen LogP contribution in [-0.2, 0) is 11.2 Å². The number of carbonyl (C=O) groups excluding carboxylic acids is 1. The number of aryl methyl sites for hydroxylation is 1. The van der Waals surface area contributed by atoms with Crippen molar-refractivity contribution in [3.05, 3.63) is 88.6 Å². The summed E-state index contributed by atoms with van der Waals surface area (Å²) in [5, 5.41) is 4.41. The zero-order valence-electron chi connectivity index (χ0n) is 14.8. The maximum Gasteiger partial charge on any atom is 0.250 e. The summed E-state index contributed by atoms with van der Waals surface area (Å²) in [6.07, 6.45) is 5.74. The molecule has 2 aromatic heterocycles. The molecule has 0 aliphatic heterocycles. The van der Waals surface area contributed by atoms with Gasteiger partial charge in [-0.25, -0.2) is 4.98 Å². The molecular weight excluding hydrogens is 356 g/mol. The van der Waals surface area contributed by atoms with Crippen LogP contribution in [0.4, 0.5) is 5.13 Å². The van der Waals surface area contributed by atoms with Gasteiger partial charge in [0.2, 0.25) is 5.91 Å². The van der Waals surface area contributed by atoms with E-state index in [1.165, 1.54) is 23.0 Å². The number of benzene rings is 2. The highest BCUT2D eigenvalue weighted by molar-refractivity contribution is 7.15. The Balaban J connectivity index is 1.39. The second-order valence-corrected chi connectivity index (χ2v) is 7.42. The van der Waals surface area contributed by atoms with Gasteiger partial charge in [0, 0.05) is 29.0 Å². The molecular formula is C22H18N2O2S. The summed E-state index contributed by atoms with van der Waals surface area (Å²) in [7, 11) is 0. The number of anilines is 1. The molecule has 4 aromatic rings. The molecule has 5 heteroatoms. The molecule has 0 spiro atoms. The Morgan fingerprint density at radius 3 is 2.89 bits per heavy atom. The van der Waals surface area contributed by atoms with Crippen LogP contribution in [0.5, 0.6) is 0 Å². The minimum Gasteiger partial charge on any atom is -0.457 e. The van der Waals surface area contributed by atoms with E-state index in [2.05, 4.69) is 22.4 Å². The summed E-state index contributed by atoms with van der Waals surface area (Å²) in [6, 6.07) is 18.1. The van der Waals surface area contributed by atoms with Gasteiger partial charge in [-0.15, -0.1) is 11.3 Å². The first-order valence-corrected chi connectivity index (χ1v) is 9.45. The average molecular weight is 374 g/mol. The molecule has 0 saturated carbocycles. The third-order valence-electron chi connectivity index (χ3n) is 4.10. The predicted molar refractivity (Wildman–Crippen MR) is 110 cm³/mol. The lowest BCUT2D eigenvalue weighted by molar-refractivity contribution is -0.111. The van der Waals surface area contributed by atoms with Crippen molar-refractivity contribution in [1.82, 2.24) is 4.98 Å². The molecule has 1 amide bonds. The molecule has 2 aromatic carbocycles. The number of aromatic nitrogens is 1. The first-order valence-electron chi connectivity index (χ1n) is 8.63. The lowest BCUT2D eigenvalue weighted by Crippen LogP contribution is -2.06. The second kappa shape index (κ2) is 7.60. The Hall–Kier alpha value is -3.18. The van der Waals surface area contributed by atoms with E-state index < -0.39 is 0 Å². The molecule has 0 saturated heterocycles. The normalized spacial score (nSPS) is 11.3. The smallest absolute Gasteiger partial charge is 0.250 e. The summed E-state index contributed by atoms with van der Waals surface area (Å²) in [5.74, 6) is 0.418. The SMILES string of the molecule is Cc1ccc2cc(C=CC(=O)Nc3ncc(Cc4ccccc4)s3)oc2c1. The second-order valence-electron chi connectivity index (χ2n) is 6.31. The van der Waals surface area contributed by atoms with Crippen molar-refractivity contribution in [2.75, 3.05) is 5.32 Å². The Bertz CT molecular complexity index is 1110. The molecule has 0 radical (unpaired) electrons. The van der Waals surface area contributed by atoms with Gasteiger partial charge in [0.05, 0.1) is 0 Å². The standard InChI is InChI=1S/C22H18N2O2S/c1-15-7-8-17-13-18(26-20(17)11-15)9-10-21(25)24-22-23-14-19(27-22)12-16-5-3-2-4-6-16/h2-11,13-14H,12H2,1H3,(H,23,24,25). The molecule has 4 rings (SSSR count). The summed E-state index contributed by atoms with van der Waals surface area (Å²) < 4.78 is 5.74. The lowest BCUT2D eigenvalue weighted by Gasteiger charge is -1.97. The molecule has 0 bridgehead atoms. The lowest BCUT2D eigenvalue weighted by atomic mass is 10.1. The van der Waals surface area contributed by atoms with Gasteiger partial charge in [0.15, 0.2) is 5.13 Å². The number of fused-ring (bicyclic) bond motifs is 1. The first kappa shape index (κ1) is 17.2. The van der Waals surface area contributed by atoms with Gasteiger partial charge in [-0.05, 0) is 36.3 Å². The van der Waals surface area contributed by atoms with E-state index in [0.29, 0.717) is 10.9 Å². The Morgan fingerprint density at radius 1 is 1.19 bits per heavy atom. The molecule has 134 valence electrons. The molecule has 0 aliphatic rings. The number of rotatable bonds is 5. The van der Waals surface area contributed by atoms with Crippen LogP contribution in [0.3, 0.4) is 0 Å². The largest absolute Gasteiger partial charge is 0.457 e. The maximum absolute atomic E-state index is 12.1. The Morgan fingerprint density at radius 2 is 2.04 bits per heavy atom. The predicted octanol–water partition coefficient (Wildman–Crippen LogP) is 5.44. The zero-order chi connectivity index (χ0) is 18.6. The van der Waals surface area contributed by atoms with Crippen LogP contribution in [0.25, 0.3) is 17.0 Å². The summed E-state index contributed by atoms with van der Waals surface area (Å²) in [5.41, 5.74) is 3.18. The highest BCUT2D eigenvalue weighted by Gasteiger charge is 2.06. The number of thiazole rings is 1. The monoisotopic (exact) mass is 374 g/mol. The van der Waals surface area contributed by atoms with Crippen LogP contribution < -0.4 is 5.32 Å². The van der Waals surface area contributed by atoms with Crippen molar-refractivity contribution in [1.29, 1.82) is 0 Å². The molecule has 2 heterocycles. The number of carbonyl (C=O) groups is 1. The molecule has 27 heavy (non-hydrogen) atoms. The van der Waals surface area contributed by atoms with Crippen molar-refractivity contribution >= 4 is 39.4 Å². The van der Waals surface area contributed by atoms with Crippen LogP contribution in [0.1, 0.15) is 21.8 Å². The van der Waals surface area contributed by atoms with Crippen LogP contribution in [-0.4, -0.2) is 10.9 Å². The van der Waals surface area contributed by atoms with Gasteiger partial charge < -0.3 is 4.42 Å².